The van der Waals surface area contributed by atoms with Crippen LogP contribution in [0.25, 0.3) is 0 Å². The monoisotopic (exact) mass is 542 g/mol. The summed E-state index contributed by atoms with van der Waals surface area (Å²) in [7, 11) is 0. The van der Waals surface area contributed by atoms with Gasteiger partial charge in [-0.15, -0.1) is 0 Å². The summed E-state index contributed by atoms with van der Waals surface area (Å²) < 4.78 is 0. The number of thioether (sulfide) groups is 1. The fraction of sp³-hybridized carbons (Fsp3) is 0.167. The molecule has 0 saturated carbocycles. The summed E-state index contributed by atoms with van der Waals surface area (Å²) in [5, 5.41) is 20.4. The maximum absolute atomic E-state index is 13.5. The van der Waals surface area contributed by atoms with Crippen LogP contribution in [0.5, 0.6) is 0 Å². The molecular formula is C30H27ClN4O2S. The average Bonchev–Trinajstić information content (AvgIpc) is 2.90. The van der Waals surface area contributed by atoms with Crippen LogP contribution in [0.15, 0.2) is 94.7 Å². The number of anilines is 2. The largest absolute Gasteiger partial charge is 0.353 e. The maximum atomic E-state index is 13.5. The fourth-order valence-corrected chi connectivity index (χ4v) is 5.53. The van der Waals surface area contributed by atoms with Crippen molar-refractivity contribution in [3.05, 3.63) is 116 Å². The van der Waals surface area contributed by atoms with Crippen LogP contribution in [0.3, 0.4) is 0 Å². The van der Waals surface area contributed by atoms with Gasteiger partial charge in [-0.2, -0.15) is 5.26 Å². The molecule has 1 aliphatic heterocycles. The van der Waals surface area contributed by atoms with Gasteiger partial charge < -0.3 is 16.0 Å². The van der Waals surface area contributed by atoms with Crippen molar-refractivity contribution in [2.75, 3.05) is 16.4 Å². The van der Waals surface area contributed by atoms with Crippen molar-refractivity contribution in [1.82, 2.24) is 5.32 Å². The normalized spacial score (nSPS) is 15.0. The molecule has 1 atom stereocenters. The van der Waals surface area contributed by atoms with Gasteiger partial charge in [-0.3, -0.25) is 9.59 Å². The number of carbonyl (C=O) groups is 2. The van der Waals surface area contributed by atoms with Gasteiger partial charge >= 0.3 is 0 Å². The SMILES string of the molecule is CC1=C(C(=O)Nc2ccccc2)[C@@H](c2ccccc2Cl)C(C#N)=C(SCC(=O)Nc2c(C)cccc2C)N1. The lowest BCUT2D eigenvalue weighted by Crippen LogP contribution is -2.31. The van der Waals surface area contributed by atoms with Gasteiger partial charge in [-0.25, -0.2) is 0 Å². The Morgan fingerprint density at radius 1 is 0.947 bits per heavy atom. The van der Waals surface area contributed by atoms with Crippen LogP contribution in [0, 0.1) is 25.2 Å². The van der Waals surface area contributed by atoms with Gasteiger partial charge in [0.15, 0.2) is 0 Å². The van der Waals surface area contributed by atoms with Gasteiger partial charge in [-0.1, -0.05) is 78.0 Å². The van der Waals surface area contributed by atoms with Crippen molar-refractivity contribution in [1.29, 1.82) is 5.26 Å². The molecular weight excluding hydrogens is 516 g/mol. The highest BCUT2D eigenvalue weighted by atomic mass is 35.5. The summed E-state index contributed by atoms with van der Waals surface area (Å²) in [4.78, 5) is 26.4. The van der Waals surface area contributed by atoms with E-state index < -0.39 is 5.92 Å². The zero-order valence-corrected chi connectivity index (χ0v) is 22.8. The predicted octanol–water partition coefficient (Wildman–Crippen LogP) is 6.66. The molecule has 0 saturated heterocycles. The van der Waals surface area contributed by atoms with Gasteiger partial charge in [0.1, 0.15) is 0 Å². The smallest absolute Gasteiger partial charge is 0.254 e. The standard InChI is InChI=1S/C30H27ClN4O2S/c1-18-10-9-11-19(2)28(18)35-25(36)17-38-30-23(16-32)27(22-14-7-8-15-24(22)31)26(20(3)33-30)29(37)34-21-12-5-4-6-13-21/h4-15,27,33H,17H2,1-3H3,(H,34,37)(H,35,36)/t27-/m0/s1. The van der Waals surface area contributed by atoms with Gasteiger partial charge in [-0.05, 0) is 55.7 Å². The summed E-state index contributed by atoms with van der Waals surface area (Å²) >= 11 is 7.80. The minimum absolute atomic E-state index is 0.0787. The highest BCUT2D eigenvalue weighted by molar-refractivity contribution is 8.03. The summed E-state index contributed by atoms with van der Waals surface area (Å²) in [5.41, 5.74) is 5.32. The molecule has 8 heteroatoms. The Hall–Kier alpha value is -3.99. The molecule has 3 aromatic carbocycles. The number of para-hydroxylation sites is 2. The number of hydrogen-bond acceptors (Lipinski definition) is 5. The molecule has 1 aliphatic rings. The van der Waals surface area contributed by atoms with Crippen LogP contribution >= 0.6 is 23.4 Å². The molecule has 6 nitrogen and oxygen atoms in total. The Balaban J connectivity index is 1.65. The third-order valence-electron chi connectivity index (χ3n) is 6.23. The van der Waals surface area contributed by atoms with E-state index in [2.05, 4.69) is 22.0 Å². The Kier molecular flexibility index (Phi) is 8.57. The highest BCUT2D eigenvalue weighted by Crippen LogP contribution is 2.43. The molecule has 0 spiro atoms. The number of carbonyl (C=O) groups excluding carboxylic acids is 2. The Labute approximate surface area is 231 Å². The van der Waals surface area contributed by atoms with Crippen molar-refractivity contribution in [3.8, 4) is 6.07 Å². The van der Waals surface area contributed by atoms with E-state index in [0.29, 0.717) is 38.1 Å². The minimum Gasteiger partial charge on any atom is -0.353 e. The van der Waals surface area contributed by atoms with E-state index in [1.807, 2.05) is 62.4 Å². The first-order valence-electron chi connectivity index (χ1n) is 12.0. The number of nitriles is 1. The Morgan fingerprint density at radius 3 is 2.26 bits per heavy atom. The zero-order valence-electron chi connectivity index (χ0n) is 21.3. The molecule has 2 amide bonds. The molecule has 0 fully saturated rings. The fourth-order valence-electron chi connectivity index (χ4n) is 4.39. The van der Waals surface area contributed by atoms with Gasteiger partial charge in [0.05, 0.1) is 28.3 Å². The van der Waals surface area contributed by atoms with Gasteiger partial charge in [0, 0.05) is 27.7 Å². The van der Waals surface area contributed by atoms with E-state index in [-0.39, 0.29) is 17.6 Å². The van der Waals surface area contributed by atoms with Crippen molar-refractivity contribution >= 4 is 46.6 Å². The van der Waals surface area contributed by atoms with E-state index in [9.17, 15) is 14.9 Å². The highest BCUT2D eigenvalue weighted by Gasteiger charge is 2.36. The van der Waals surface area contributed by atoms with Crippen LogP contribution < -0.4 is 16.0 Å². The number of benzene rings is 3. The van der Waals surface area contributed by atoms with Crippen LogP contribution in [-0.4, -0.2) is 17.6 Å². The predicted molar refractivity (Wildman–Crippen MR) is 155 cm³/mol. The Bertz CT molecular complexity index is 1470. The second-order valence-corrected chi connectivity index (χ2v) is 10.3. The molecule has 0 unspecified atom stereocenters. The van der Waals surface area contributed by atoms with E-state index in [1.54, 1.807) is 31.2 Å². The third-order valence-corrected chi connectivity index (χ3v) is 7.59. The maximum Gasteiger partial charge on any atom is 0.254 e. The zero-order chi connectivity index (χ0) is 27.2. The lowest BCUT2D eigenvalue weighted by atomic mass is 9.82. The van der Waals surface area contributed by atoms with Crippen molar-refractivity contribution in [2.24, 2.45) is 0 Å². The first kappa shape index (κ1) is 27.1. The number of rotatable bonds is 7. The number of dihydropyridines is 1. The molecule has 0 aliphatic carbocycles. The van der Waals surface area contributed by atoms with E-state index in [1.165, 1.54) is 11.8 Å². The molecule has 0 aromatic heterocycles. The van der Waals surface area contributed by atoms with Gasteiger partial charge in [0.25, 0.3) is 5.91 Å². The summed E-state index contributed by atoms with van der Waals surface area (Å²) in [6.07, 6.45) is 0. The van der Waals surface area contributed by atoms with Gasteiger partial charge in [0.2, 0.25) is 5.91 Å². The minimum atomic E-state index is -0.706. The number of halogens is 1. The number of aryl methyl sites for hydroxylation is 2. The molecule has 3 aromatic rings. The van der Waals surface area contributed by atoms with Crippen LogP contribution in [0.2, 0.25) is 5.02 Å². The lowest BCUT2D eigenvalue weighted by Gasteiger charge is -2.30. The van der Waals surface area contributed by atoms with Crippen LogP contribution in [0.1, 0.15) is 29.5 Å². The molecule has 3 N–H and O–H groups in total. The molecule has 0 bridgehead atoms. The number of allylic oxidation sites excluding steroid dienone is 2. The first-order chi connectivity index (χ1) is 18.3. The molecule has 0 radical (unpaired) electrons. The summed E-state index contributed by atoms with van der Waals surface area (Å²) in [6, 6.07) is 24.4. The number of nitrogens with zero attached hydrogens (tertiary/aromatic N) is 1. The lowest BCUT2D eigenvalue weighted by molar-refractivity contribution is -0.114. The van der Waals surface area contributed by atoms with Crippen molar-refractivity contribution in [2.45, 2.75) is 26.7 Å². The first-order valence-corrected chi connectivity index (χ1v) is 13.4. The second kappa shape index (κ2) is 12.0. The summed E-state index contributed by atoms with van der Waals surface area (Å²) in [5.74, 6) is -1.16. The van der Waals surface area contributed by atoms with Crippen molar-refractivity contribution in [3.63, 3.8) is 0 Å². The molecule has 38 heavy (non-hydrogen) atoms. The van der Waals surface area contributed by atoms with Crippen LogP contribution in [0.4, 0.5) is 11.4 Å². The molecule has 192 valence electrons. The summed E-state index contributed by atoms with van der Waals surface area (Å²) in [6.45, 7) is 5.67. The second-order valence-electron chi connectivity index (χ2n) is 8.90. The average molecular weight is 543 g/mol. The number of hydrogen-bond donors (Lipinski definition) is 3. The third kappa shape index (κ3) is 5.94. The van der Waals surface area contributed by atoms with Crippen molar-refractivity contribution < 1.29 is 9.59 Å². The number of amides is 2. The Morgan fingerprint density at radius 2 is 1.61 bits per heavy atom. The molecule has 1 heterocycles. The number of nitrogens with one attached hydrogen (secondary N) is 3. The van der Waals surface area contributed by atoms with E-state index in [0.717, 1.165) is 16.8 Å². The van der Waals surface area contributed by atoms with Crippen LogP contribution in [-0.2, 0) is 9.59 Å². The van der Waals surface area contributed by atoms with E-state index in [4.69, 9.17) is 11.6 Å². The quantitative estimate of drug-likeness (QED) is 0.310. The topological polar surface area (TPSA) is 94.0 Å². The molecule has 4 rings (SSSR count). The van der Waals surface area contributed by atoms with E-state index >= 15 is 0 Å².